The van der Waals surface area contributed by atoms with Gasteiger partial charge in [-0.15, -0.1) is 0 Å². The number of H-pyrrole nitrogens is 1. The molecule has 4 nitrogen and oxygen atoms in total. The van der Waals surface area contributed by atoms with Gasteiger partial charge in [-0.3, -0.25) is 4.57 Å². The molecule has 0 bridgehead atoms. The molecule has 2 N–H and O–H groups in total. The quantitative estimate of drug-likeness (QED) is 0.689. The third-order valence-electron chi connectivity index (χ3n) is 2.75. The van der Waals surface area contributed by atoms with Crippen LogP contribution in [0.15, 0.2) is 47.3 Å². The van der Waals surface area contributed by atoms with E-state index in [-0.39, 0.29) is 17.3 Å². The van der Waals surface area contributed by atoms with Gasteiger partial charge in [0.15, 0.2) is 0 Å². The van der Waals surface area contributed by atoms with Crippen molar-refractivity contribution < 1.29 is 9.50 Å². The molecule has 18 heavy (non-hydrogen) atoms. The molecule has 0 fully saturated rings. The zero-order valence-electron chi connectivity index (χ0n) is 9.22. The molecule has 0 amide bonds. The number of hydrogen-bond donors (Lipinski definition) is 2. The van der Waals surface area contributed by atoms with Crippen LogP contribution in [0.2, 0.25) is 0 Å². The largest absolute Gasteiger partial charge is 0.508 e. The Morgan fingerprint density at radius 2 is 1.83 bits per heavy atom. The van der Waals surface area contributed by atoms with Crippen molar-refractivity contribution in [3.63, 3.8) is 0 Å². The number of aromatic nitrogens is 2. The Morgan fingerprint density at radius 1 is 1.11 bits per heavy atom. The Balaban J connectivity index is 2.34. The lowest BCUT2D eigenvalue weighted by atomic mass is 10.2. The van der Waals surface area contributed by atoms with Crippen LogP contribution in [0.3, 0.4) is 0 Å². The van der Waals surface area contributed by atoms with Gasteiger partial charge in [-0.2, -0.15) is 0 Å². The molecule has 0 saturated heterocycles. The molecule has 0 saturated carbocycles. The van der Waals surface area contributed by atoms with Crippen LogP contribution in [0.25, 0.3) is 16.7 Å². The number of halogens is 1. The van der Waals surface area contributed by atoms with E-state index in [1.54, 1.807) is 6.07 Å². The summed E-state index contributed by atoms with van der Waals surface area (Å²) in [4.78, 5) is 14.5. The number of nitrogens with zero attached hydrogens (tertiary/aromatic N) is 1. The van der Waals surface area contributed by atoms with Crippen molar-refractivity contribution in [2.45, 2.75) is 0 Å². The second kappa shape index (κ2) is 3.73. The maximum absolute atomic E-state index is 12.9. The molecular formula is C13H9FN2O2. The van der Waals surface area contributed by atoms with Crippen molar-refractivity contribution in [3.8, 4) is 11.4 Å². The first-order chi connectivity index (χ1) is 8.65. The summed E-state index contributed by atoms with van der Waals surface area (Å²) in [5.41, 5.74) is 1.37. The first kappa shape index (κ1) is 10.6. The van der Waals surface area contributed by atoms with Crippen LogP contribution < -0.4 is 5.69 Å². The van der Waals surface area contributed by atoms with Gasteiger partial charge in [-0.05, 0) is 36.4 Å². The lowest BCUT2D eigenvalue weighted by Gasteiger charge is -2.03. The van der Waals surface area contributed by atoms with Gasteiger partial charge in [-0.25, -0.2) is 9.18 Å². The predicted octanol–water partition coefficient (Wildman–Crippen LogP) is 2.16. The molecule has 90 valence electrons. The normalized spacial score (nSPS) is 10.9. The van der Waals surface area contributed by atoms with E-state index >= 15 is 0 Å². The average molecular weight is 244 g/mol. The molecule has 0 spiro atoms. The standard InChI is InChI=1S/C13H9FN2O2/c14-8-1-3-9(4-2-8)16-12-7-10(17)5-6-11(12)15-13(16)18/h1-7,17H,(H,15,18). The first-order valence-electron chi connectivity index (χ1n) is 5.35. The van der Waals surface area contributed by atoms with Crippen molar-refractivity contribution in [3.05, 3.63) is 58.8 Å². The highest BCUT2D eigenvalue weighted by atomic mass is 19.1. The van der Waals surface area contributed by atoms with E-state index in [4.69, 9.17) is 0 Å². The highest BCUT2D eigenvalue weighted by Gasteiger charge is 2.09. The minimum Gasteiger partial charge on any atom is -0.508 e. The van der Waals surface area contributed by atoms with Crippen molar-refractivity contribution in [2.24, 2.45) is 0 Å². The van der Waals surface area contributed by atoms with Crippen molar-refractivity contribution in [1.29, 1.82) is 0 Å². The zero-order chi connectivity index (χ0) is 12.7. The van der Waals surface area contributed by atoms with Crippen LogP contribution in [0, 0.1) is 5.82 Å². The number of nitrogens with one attached hydrogen (secondary N) is 1. The Kier molecular flexibility index (Phi) is 2.19. The molecule has 1 heterocycles. The molecule has 1 aromatic heterocycles. The third-order valence-corrected chi connectivity index (χ3v) is 2.75. The minimum absolute atomic E-state index is 0.0670. The molecule has 0 radical (unpaired) electrons. The Hall–Kier alpha value is -2.56. The second-order valence-electron chi connectivity index (χ2n) is 3.94. The monoisotopic (exact) mass is 244 g/mol. The summed E-state index contributed by atoms with van der Waals surface area (Å²) in [6.07, 6.45) is 0. The molecule has 3 aromatic rings. The van der Waals surface area contributed by atoms with E-state index in [0.29, 0.717) is 16.7 Å². The zero-order valence-corrected chi connectivity index (χ0v) is 9.22. The minimum atomic E-state index is -0.366. The average Bonchev–Trinajstić information content (AvgIpc) is 2.66. The Bertz CT molecular complexity index is 772. The maximum atomic E-state index is 12.9. The van der Waals surface area contributed by atoms with Gasteiger partial charge in [0.1, 0.15) is 11.6 Å². The number of benzene rings is 2. The molecule has 0 unspecified atom stereocenters. The molecular weight excluding hydrogens is 235 g/mol. The molecule has 5 heteroatoms. The van der Waals surface area contributed by atoms with Crippen LogP contribution in [-0.2, 0) is 0 Å². The van der Waals surface area contributed by atoms with Crippen molar-refractivity contribution in [1.82, 2.24) is 9.55 Å². The van der Waals surface area contributed by atoms with Crippen LogP contribution in [0.1, 0.15) is 0 Å². The number of aromatic amines is 1. The topological polar surface area (TPSA) is 58.0 Å². The van der Waals surface area contributed by atoms with E-state index in [1.165, 1.54) is 41.0 Å². The van der Waals surface area contributed by atoms with E-state index < -0.39 is 0 Å². The van der Waals surface area contributed by atoms with Crippen LogP contribution in [-0.4, -0.2) is 14.7 Å². The van der Waals surface area contributed by atoms with Gasteiger partial charge in [0, 0.05) is 6.07 Å². The molecule has 2 aromatic carbocycles. The van der Waals surface area contributed by atoms with Gasteiger partial charge in [-0.1, -0.05) is 0 Å². The molecule has 0 aliphatic rings. The molecule has 3 rings (SSSR count). The van der Waals surface area contributed by atoms with Crippen LogP contribution in [0.5, 0.6) is 5.75 Å². The third kappa shape index (κ3) is 1.57. The van der Waals surface area contributed by atoms with E-state index in [9.17, 15) is 14.3 Å². The lowest BCUT2D eigenvalue weighted by Crippen LogP contribution is -2.14. The van der Waals surface area contributed by atoms with Gasteiger partial charge in [0.25, 0.3) is 0 Å². The summed E-state index contributed by atoms with van der Waals surface area (Å²) in [7, 11) is 0. The lowest BCUT2D eigenvalue weighted by molar-refractivity contribution is 0.476. The van der Waals surface area contributed by atoms with Crippen LogP contribution in [0.4, 0.5) is 4.39 Å². The fourth-order valence-electron chi connectivity index (χ4n) is 1.94. The highest BCUT2D eigenvalue weighted by Crippen LogP contribution is 2.20. The summed E-state index contributed by atoms with van der Waals surface area (Å²) in [5, 5.41) is 9.47. The SMILES string of the molecule is O=c1[nH]c2ccc(O)cc2n1-c1ccc(F)cc1. The summed E-state index contributed by atoms with van der Waals surface area (Å²) in [6, 6.07) is 10.2. The number of aromatic hydroxyl groups is 1. The van der Waals surface area contributed by atoms with Gasteiger partial charge < -0.3 is 10.1 Å². The fourth-order valence-corrected chi connectivity index (χ4v) is 1.94. The number of phenols is 1. The highest BCUT2D eigenvalue weighted by molar-refractivity contribution is 5.78. The number of hydrogen-bond acceptors (Lipinski definition) is 2. The second-order valence-corrected chi connectivity index (χ2v) is 3.94. The number of fused-ring (bicyclic) bond motifs is 1. The molecule has 0 aliphatic heterocycles. The number of phenolic OH excluding ortho intramolecular Hbond substituents is 1. The number of imidazole rings is 1. The summed E-state index contributed by atoms with van der Waals surface area (Å²) in [6.45, 7) is 0. The van der Waals surface area contributed by atoms with E-state index in [0.717, 1.165) is 0 Å². The molecule has 0 atom stereocenters. The smallest absolute Gasteiger partial charge is 0.331 e. The Labute approximate surface area is 101 Å². The maximum Gasteiger partial charge on any atom is 0.331 e. The van der Waals surface area contributed by atoms with Crippen molar-refractivity contribution >= 4 is 11.0 Å². The van der Waals surface area contributed by atoms with E-state index in [2.05, 4.69) is 4.98 Å². The van der Waals surface area contributed by atoms with Crippen molar-refractivity contribution in [2.75, 3.05) is 0 Å². The Morgan fingerprint density at radius 3 is 2.56 bits per heavy atom. The summed E-state index contributed by atoms with van der Waals surface area (Å²) < 4.78 is 14.3. The van der Waals surface area contributed by atoms with Gasteiger partial charge in [0.2, 0.25) is 0 Å². The van der Waals surface area contributed by atoms with E-state index in [1.807, 2.05) is 0 Å². The predicted molar refractivity (Wildman–Crippen MR) is 65.5 cm³/mol. The van der Waals surface area contributed by atoms with Gasteiger partial charge in [0.05, 0.1) is 16.7 Å². The summed E-state index contributed by atoms with van der Waals surface area (Å²) in [5.74, 6) is -0.299. The van der Waals surface area contributed by atoms with Gasteiger partial charge >= 0.3 is 5.69 Å². The number of rotatable bonds is 1. The van der Waals surface area contributed by atoms with Crippen LogP contribution >= 0.6 is 0 Å². The molecule has 0 aliphatic carbocycles. The fraction of sp³-hybridized carbons (Fsp3) is 0. The summed E-state index contributed by atoms with van der Waals surface area (Å²) >= 11 is 0. The first-order valence-corrected chi connectivity index (χ1v) is 5.35.